The molecule has 0 amide bonds. The van der Waals surface area contributed by atoms with Gasteiger partial charge in [0.1, 0.15) is 0 Å². The van der Waals surface area contributed by atoms with Crippen LogP contribution in [0.4, 0.5) is 5.82 Å². The number of aromatic nitrogens is 2. The van der Waals surface area contributed by atoms with Gasteiger partial charge in [0.05, 0.1) is 0 Å². The normalized spacial score (nSPS) is 21.6. The fourth-order valence-electron chi connectivity index (χ4n) is 1.71. The number of hydrogen-bond acceptors (Lipinski definition) is 4. The monoisotopic (exact) mass is 212 g/mol. The second-order valence-electron chi connectivity index (χ2n) is 3.55. The van der Waals surface area contributed by atoms with E-state index >= 15 is 0 Å². The van der Waals surface area contributed by atoms with E-state index < -0.39 is 0 Å². The van der Waals surface area contributed by atoms with Crippen LogP contribution in [0.2, 0.25) is 5.15 Å². The maximum atomic E-state index is 5.66. The molecule has 0 aliphatic carbocycles. The van der Waals surface area contributed by atoms with Crippen molar-refractivity contribution in [3.05, 3.63) is 17.3 Å². The average molecular weight is 213 g/mol. The first-order chi connectivity index (χ1) is 6.79. The van der Waals surface area contributed by atoms with E-state index in [1.165, 1.54) is 0 Å². The van der Waals surface area contributed by atoms with E-state index in [-0.39, 0.29) is 0 Å². The summed E-state index contributed by atoms with van der Waals surface area (Å²) in [6, 6.07) is 3.66. The standard InChI is InChI=1S/C9H13ClN4/c10-8-1-2-9(13-12-8)14-4-3-7(5-11)6-14/h1-2,7H,3-6,11H2/t7-/m1/s1. The summed E-state index contributed by atoms with van der Waals surface area (Å²) in [4.78, 5) is 2.20. The van der Waals surface area contributed by atoms with Crippen LogP contribution in [0.1, 0.15) is 6.42 Å². The van der Waals surface area contributed by atoms with Crippen molar-refractivity contribution in [2.24, 2.45) is 11.7 Å². The zero-order chi connectivity index (χ0) is 9.97. The fourth-order valence-corrected chi connectivity index (χ4v) is 1.81. The average Bonchev–Trinajstić information content (AvgIpc) is 2.67. The molecule has 5 heteroatoms. The molecule has 0 saturated carbocycles. The molecule has 0 unspecified atom stereocenters. The third-order valence-corrected chi connectivity index (χ3v) is 2.76. The minimum atomic E-state index is 0.434. The van der Waals surface area contributed by atoms with Crippen LogP contribution in [0.25, 0.3) is 0 Å². The van der Waals surface area contributed by atoms with Gasteiger partial charge in [-0.25, -0.2) is 0 Å². The lowest BCUT2D eigenvalue weighted by molar-refractivity contribution is 0.602. The van der Waals surface area contributed by atoms with E-state index in [4.69, 9.17) is 17.3 Å². The molecule has 1 saturated heterocycles. The number of halogens is 1. The lowest BCUT2D eigenvalue weighted by Crippen LogP contribution is -2.23. The molecule has 2 N–H and O–H groups in total. The maximum Gasteiger partial charge on any atom is 0.151 e. The van der Waals surface area contributed by atoms with Crippen LogP contribution in [0.15, 0.2) is 12.1 Å². The molecule has 1 atom stereocenters. The zero-order valence-corrected chi connectivity index (χ0v) is 8.61. The highest BCUT2D eigenvalue weighted by atomic mass is 35.5. The van der Waals surface area contributed by atoms with Gasteiger partial charge in [0.2, 0.25) is 0 Å². The van der Waals surface area contributed by atoms with Crippen molar-refractivity contribution in [2.75, 3.05) is 24.5 Å². The fraction of sp³-hybridized carbons (Fsp3) is 0.556. The van der Waals surface area contributed by atoms with Gasteiger partial charge >= 0.3 is 0 Å². The number of nitrogens with two attached hydrogens (primary N) is 1. The summed E-state index contributed by atoms with van der Waals surface area (Å²) in [6.07, 6.45) is 1.14. The number of hydrogen-bond donors (Lipinski definition) is 1. The van der Waals surface area contributed by atoms with Gasteiger partial charge in [-0.15, -0.1) is 10.2 Å². The summed E-state index contributed by atoms with van der Waals surface area (Å²) in [5, 5.41) is 8.28. The Morgan fingerprint density at radius 1 is 1.50 bits per heavy atom. The first-order valence-electron chi connectivity index (χ1n) is 4.74. The Bertz CT molecular complexity index is 300. The van der Waals surface area contributed by atoms with E-state index in [1.54, 1.807) is 6.07 Å². The minimum Gasteiger partial charge on any atom is -0.355 e. The van der Waals surface area contributed by atoms with Gasteiger partial charge in [-0.3, -0.25) is 0 Å². The molecule has 14 heavy (non-hydrogen) atoms. The Labute approximate surface area is 88.1 Å². The van der Waals surface area contributed by atoms with Crippen molar-refractivity contribution < 1.29 is 0 Å². The van der Waals surface area contributed by atoms with Crippen molar-refractivity contribution >= 4 is 17.4 Å². The Kier molecular flexibility index (Phi) is 2.84. The van der Waals surface area contributed by atoms with Crippen LogP contribution in [0, 0.1) is 5.92 Å². The molecule has 0 spiro atoms. The largest absolute Gasteiger partial charge is 0.355 e. The van der Waals surface area contributed by atoms with Crippen molar-refractivity contribution in [1.82, 2.24) is 10.2 Å². The van der Waals surface area contributed by atoms with Gasteiger partial charge in [0.25, 0.3) is 0 Å². The second kappa shape index (κ2) is 4.11. The first-order valence-corrected chi connectivity index (χ1v) is 5.11. The third-order valence-electron chi connectivity index (χ3n) is 2.56. The van der Waals surface area contributed by atoms with Gasteiger partial charge in [-0.05, 0) is 31.0 Å². The summed E-state index contributed by atoms with van der Waals surface area (Å²) in [5.41, 5.74) is 5.61. The molecule has 1 aromatic heterocycles. The molecule has 1 aromatic rings. The molecule has 1 aliphatic rings. The molecule has 0 aromatic carbocycles. The maximum absolute atomic E-state index is 5.66. The van der Waals surface area contributed by atoms with Crippen LogP contribution < -0.4 is 10.6 Å². The molecular weight excluding hydrogens is 200 g/mol. The van der Waals surface area contributed by atoms with Crippen LogP contribution in [-0.4, -0.2) is 29.8 Å². The Balaban J connectivity index is 2.06. The molecule has 4 nitrogen and oxygen atoms in total. The van der Waals surface area contributed by atoms with E-state index in [9.17, 15) is 0 Å². The minimum absolute atomic E-state index is 0.434. The third kappa shape index (κ3) is 1.96. The Hall–Kier alpha value is -0.870. The van der Waals surface area contributed by atoms with E-state index in [1.807, 2.05) is 6.07 Å². The number of anilines is 1. The molecule has 0 bridgehead atoms. The Morgan fingerprint density at radius 2 is 2.36 bits per heavy atom. The molecule has 2 heterocycles. The van der Waals surface area contributed by atoms with Gasteiger partial charge in [-0.2, -0.15) is 0 Å². The predicted molar refractivity (Wildman–Crippen MR) is 56.4 cm³/mol. The summed E-state index contributed by atoms with van der Waals surface area (Å²) in [5.74, 6) is 1.48. The summed E-state index contributed by atoms with van der Waals surface area (Å²) < 4.78 is 0. The van der Waals surface area contributed by atoms with Crippen molar-refractivity contribution in [3.63, 3.8) is 0 Å². The quantitative estimate of drug-likeness (QED) is 0.792. The van der Waals surface area contributed by atoms with E-state index in [2.05, 4.69) is 15.1 Å². The summed E-state index contributed by atoms with van der Waals surface area (Å²) in [6.45, 7) is 2.74. The zero-order valence-electron chi connectivity index (χ0n) is 7.86. The molecule has 0 radical (unpaired) electrons. The highest BCUT2D eigenvalue weighted by molar-refractivity contribution is 6.29. The van der Waals surface area contributed by atoms with Gasteiger partial charge in [0.15, 0.2) is 11.0 Å². The topological polar surface area (TPSA) is 55.0 Å². The van der Waals surface area contributed by atoms with E-state index in [0.29, 0.717) is 11.1 Å². The van der Waals surface area contributed by atoms with Crippen LogP contribution in [-0.2, 0) is 0 Å². The van der Waals surface area contributed by atoms with Crippen molar-refractivity contribution in [3.8, 4) is 0 Å². The lowest BCUT2D eigenvalue weighted by Gasteiger charge is -2.15. The van der Waals surface area contributed by atoms with Crippen LogP contribution in [0.5, 0.6) is 0 Å². The van der Waals surface area contributed by atoms with Crippen molar-refractivity contribution in [1.29, 1.82) is 0 Å². The molecule has 2 rings (SSSR count). The SMILES string of the molecule is NC[C@H]1CCN(c2ccc(Cl)nn2)C1. The highest BCUT2D eigenvalue weighted by Crippen LogP contribution is 2.21. The van der Waals surface area contributed by atoms with Crippen molar-refractivity contribution in [2.45, 2.75) is 6.42 Å². The molecule has 76 valence electrons. The molecule has 1 fully saturated rings. The van der Waals surface area contributed by atoms with E-state index in [0.717, 1.165) is 31.9 Å². The predicted octanol–water partition coefficient (Wildman–Crippen LogP) is 0.915. The van der Waals surface area contributed by atoms with Crippen LogP contribution >= 0.6 is 11.6 Å². The van der Waals surface area contributed by atoms with Gasteiger partial charge in [-0.1, -0.05) is 11.6 Å². The first kappa shape index (κ1) is 9.68. The lowest BCUT2D eigenvalue weighted by atomic mass is 10.1. The number of nitrogens with zero attached hydrogens (tertiary/aromatic N) is 3. The number of rotatable bonds is 2. The smallest absolute Gasteiger partial charge is 0.151 e. The summed E-state index contributed by atoms with van der Waals surface area (Å²) in [7, 11) is 0. The van der Waals surface area contributed by atoms with Gasteiger partial charge < -0.3 is 10.6 Å². The Morgan fingerprint density at radius 3 is 2.93 bits per heavy atom. The highest BCUT2D eigenvalue weighted by Gasteiger charge is 2.22. The molecule has 1 aliphatic heterocycles. The van der Waals surface area contributed by atoms with Gasteiger partial charge in [0, 0.05) is 13.1 Å². The second-order valence-corrected chi connectivity index (χ2v) is 3.94. The van der Waals surface area contributed by atoms with Crippen LogP contribution in [0.3, 0.4) is 0 Å². The molecular formula is C9H13ClN4. The summed E-state index contributed by atoms with van der Waals surface area (Å²) >= 11 is 5.66.